The van der Waals surface area contributed by atoms with Gasteiger partial charge in [0.15, 0.2) is 11.5 Å². The van der Waals surface area contributed by atoms with Crippen LogP contribution in [-0.4, -0.2) is 55.5 Å². The molecule has 7 heteroatoms. The fourth-order valence-corrected chi connectivity index (χ4v) is 4.70. The second-order valence-electron chi connectivity index (χ2n) is 8.72. The highest BCUT2D eigenvalue weighted by molar-refractivity contribution is 5.80. The number of hydrogen-bond donors (Lipinski definition) is 1. The summed E-state index contributed by atoms with van der Waals surface area (Å²) in [4.78, 5) is 15.0. The van der Waals surface area contributed by atoms with Gasteiger partial charge in [0.25, 0.3) is 5.56 Å². The number of benzene rings is 2. The van der Waals surface area contributed by atoms with E-state index in [1.165, 1.54) is 5.56 Å². The fourth-order valence-electron chi connectivity index (χ4n) is 4.70. The van der Waals surface area contributed by atoms with E-state index in [0.29, 0.717) is 25.8 Å². The molecule has 5 rings (SSSR count). The first-order valence-corrected chi connectivity index (χ1v) is 11.7. The lowest BCUT2D eigenvalue weighted by molar-refractivity contribution is 0.171. The Morgan fingerprint density at radius 2 is 1.79 bits per heavy atom. The molecular weight excluding hydrogens is 418 g/mol. The monoisotopic (exact) mass is 449 g/mol. The molecule has 0 spiro atoms. The van der Waals surface area contributed by atoms with Gasteiger partial charge in [-0.3, -0.25) is 4.79 Å². The Morgan fingerprint density at radius 1 is 0.970 bits per heavy atom. The molecular formula is C26H31N3O4. The van der Waals surface area contributed by atoms with Crippen LogP contribution >= 0.6 is 0 Å². The highest BCUT2D eigenvalue weighted by atomic mass is 16.6. The minimum absolute atomic E-state index is 0.0450. The SMILES string of the molecule is COc1ccc2c(ccc(=O)n2CCN2CCC(NCc3ccc4c(c3)OCCO4)CC2)c1. The van der Waals surface area contributed by atoms with E-state index in [4.69, 9.17) is 14.2 Å². The van der Waals surface area contributed by atoms with E-state index in [0.717, 1.165) is 67.2 Å². The predicted octanol–water partition coefficient (Wildman–Crippen LogP) is 3.04. The molecule has 0 atom stereocenters. The molecule has 3 heterocycles. The summed E-state index contributed by atoms with van der Waals surface area (Å²) >= 11 is 0. The number of methoxy groups -OCH3 is 1. The number of rotatable bonds is 7. The predicted molar refractivity (Wildman–Crippen MR) is 128 cm³/mol. The van der Waals surface area contributed by atoms with Gasteiger partial charge >= 0.3 is 0 Å². The van der Waals surface area contributed by atoms with Crippen LogP contribution in [0.1, 0.15) is 18.4 Å². The Labute approximate surface area is 193 Å². The zero-order valence-corrected chi connectivity index (χ0v) is 19.1. The van der Waals surface area contributed by atoms with Crippen molar-refractivity contribution in [2.45, 2.75) is 32.0 Å². The molecule has 1 fully saturated rings. The third kappa shape index (κ3) is 4.99. The molecule has 2 aliphatic rings. The van der Waals surface area contributed by atoms with Crippen LogP contribution in [0.5, 0.6) is 17.2 Å². The van der Waals surface area contributed by atoms with Crippen molar-refractivity contribution in [3.05, 3.63) is 64.4 Å². The molecule has 0 radical (unpaired) electrons. The summed E-state index contributed by atoms with van der Waals surface area (Å²) in [5.74, 6) is 2.48. The van der Waals surface area contributed by atoms with Gasteiger partial charge in [0.2, 0.25) is 0 Å². The van der Waals surface area contributed by atoms with E-state index in [9.17, 15) is 4.79 Å². The number of piperidine rings is 1. The van der Waals surface area contributed by atoms with Crippen LogP contribution in [0.4, 0.5) is 0 Å². The van der Waals surface area contributed by atoms with Gasteiger partial charge < -0.3 is 29.0 Å². The Bertz CT molecular complexity index is 1170. The summed E-state index contributed by atoms with van der Waals surface area (Å²) in [6, 6.07) is 16.1. The lowest BCUT2D eigenvalue weighted by atomic mass is 10.0. The minimum Gasteiger partial charge on any atom is -0.497 e. The molecule has 1 saturated heterocycles. The zero-order valence-electron chi connectivity index (χ0n) is 19.1. The van der Waals surface area contributed by atoms with E-state index in [2.05, 4.69) is 22.3 Å². The number of nitrogens with zero attached hydrogens (tertiary/aromatic N) is 2. The lowest BCUT2D eigenvalue weighted by Gasteiger charge is -2.32. The summed E-state index contributed by atoms with van der Waals surface area (Å²) in [5.41, 5.74) is 2.22. The summed E-state index contributed by atoms with van der Waals surface area (Å²) in [7, 11) is 1.66. The van der Waals surface area contributed by atoms with Gasteiger partial charge in [0.1, 0.15) is 19.0 Å². The molecule has 3 aromatic rings. The number of hydrogen-bond acceptors (Lipinski definition) is 6. The summed E-state index contributed by atoms with van der Waals surface area (Å²) in [6.07, 6.45) is 2.21. The van der Waals surface area contributed by atoms with Crippen LogP contribution in [0, 0.1) is 0 Å². The standard InChI is InChI=1S/C26H31N3O4/c1-31-22-4-5-23-20(17-22)3-7-26(30)29(23)13-12-28-10-8-21(9-11-28)27-18-19-2-6-24-25(16-19)33-15-14-32-24/h2-7,16-17,21,27H,8-15,18H2,1H3. The second-order valence-corrected chi connectivity index (χ2v) is 8.72. The van der Waals surface area contributed by atoms with E-state index in [1.807, 2.05) is 34.9 Å². The van der Waals surface area contributed by atoms with Crippen molar-refractivity contribution in [2.75, 3.05) is 40.0 Å². The highest BCUT2D eigenvalue weighted by Gasteiger charge is 2.19. The van der Waals surface area contributed by atoms with Crippen LogP contribution in [0.2, 0.25) is 0 Å². The van der Waals surface area contributed by atoms with Gasteiger partial charge in [0.05, 0.1) is 12.6 Å². The van der Waals surface area contributed by atoms with Gasteiger partial charge in [-0.15, -0.1) is 0 Å². The summed E-state index contributed by atoms with van der Waals surface area (Å²) in [6.45, 7) is 5.70. The summed E-state index contributed by atoms with van der Waals surface area (Å²) < 4.78 is 18.5. The topological polar surface area (TPSA) is 65.0 Å². The maximum Gasteiger partial charge on any atom is 0.251 e. The van der Waals surface area contributed by atoms with E-state index >= 15 is 0 Å². The van der Waals surface area contributed by atoms with Crippen molar-refractivity contribution < 1.29 is 14.2 Å². The molecule has 0 aliphatic carbocycles. The maximum absolute atomic E-state index is 12.5. The van der Waals surface area contributed by atoms with Crippen molar-refractivity contribution in [2.24, 2.45) is 0 Å². The molecule has 7 nitrogen and oxygen atoms in total. The quantitative estimate of drug-likeness (QED) is 0.598. The molecule has 2 aromatic carbocycles. The lowest BCUT2D eigenvalue weighted by Crippen LogP contribution is -2.43. The largest absolute Gasteiger partial charge is 0.497 e. The molecule has 1 aromatic heterocycles. The van der Waals surface area contributed by atoms with Gasteiger partial charge in [-0.1, -0.05) is 6.07 Å². The van der Waals surface area contributed by atoms with Crippen LogP contribution in [0.3, 0.4) is 0 Å². The van der Waals surface area contributed by atoms with E-state index in [-0.39, 0.29) is 5.56 Å². The first-order chi connectivity index (χ1) is 16.2. The van der Waals surface area contributed by atoms with Crippen LogP contribution < -0.4 is 25.1 Å². The Balaban J connectivity index is 1.12. The number of ether oxygens (including phenoxy) is 3. The van der Waals surface area contributed by atoms with Gasteiger partial charge in [-0.05, 0) is 67.9 Å². The number of likely N-dealkylation sites (tertiary alicyclic amines) is 1. The Kier molecular flexibility index (Phi) is 6.51. The minimum atomic E-state index is 0.0450. The van der Waals surface area contributed by atoms with Gasteiger partial charge in [0, 0.05) is 37.1 Å². The number of aromatic nitrogens is 1. The van der Waals surface area contributed by atoms with E-state index in [1.54, 1.807) is 13.2 Å². The van der Waals surface area contributed by atoms with Crippen LogP contribution in [-0.2, 0) is 13.1 Å². The fraction of sp³-hybridized carbons (Fsp3) is 0.423. The number of nitrogens with one attached hydrogen (secondary N) is 1. The van der Waals surface area contributed by atoms with E-state index < -0.39 is 0 Å². The molecule has 0 amide bonds. The Morgan fingerprint density at radius 3 is 2.61 bits per heavy atom. The van der Waals surface area contributed by atoms with Crippen LogP contribution in [0.25, 0.3) is 10.9 Å². The number of fused-ring (bicyclic) bond motifs is 2. The normalized spacial score (nSPS) is 16.8. The Hall–Kier alpha value is -3.03. The first kappa shape index (κ1) is 21.8. The second kappa shape index (κ2) is 9.85. The van der Waals surface area contributed by atoms with Crippen molar-refractivity contribution in [3.8, 4) is 17.2 Å². The highest BCUT2D eigenvalue weighted by Crippen LogP contribution is 2.30. The van der Waals surface area contributed by atoms with Crippen molar-refractivity contribution in [1.82, 2.24) is 14.8 Å². The molecule has 174 valence electrons. The smallest absolute Gasteiger partial charge is 0.251 e. The molecule has 0 bridgehead atoms. The van der Waals surface area contributed by atoms with Crippen molar-refractivity contribution in [1.29, 1.82) is 0 Å². The molecule has 1 N–H and O–H groups in total. The van der Waals surface area contributed by atoms with Gasteiger partial charge in [-0.2, -0.15) is 0 Å². The molecule has 2 aliphatic heterocycles. The summed E-state index contributed by atoms with van der Waals surface area (Å²) in [5, 5.41) is 4.72. The first-order valence-electron chi connectivity index (χ1n) is 11.7. The molecule has 0 saturated carbocycles. The third-order valence-corrected chi connectivity index (χ3v) is 6.63. The van der Waals surface area contributed by atoms with Crippen molar-refractivity contribution >= 4 is 10.9 Å². The van der Waals surface area contributed by atoms with Gasteiger partial charge in [-0.25, -0.2) is 0 Å². The maximum atomic E-state index is 12.5. The average molecular weight is 450 g/mol. The molecule has 0 unspecified atom stereocenters. The third-order valence-electron chi connectivity index (χ3n) is 6.63. The zero-order chi connectivity index (χ0) is 22.6. The number of pyridine rings is 1. The van der Waals surface area contributed by atoms with Crippen LogP contribution in [0.15, 0.2) is 53.3 Å². The molecule has 33 heavy (non-hydrogen) atoms. The average Bonchev–Trinajstić information content (AvgIpc) is 2.87. The van der Waals surface area contributed by atoms with Crippen molar-refractivity contribution in [3.63, 3.8) is 0 Å².